The molecule has 0 aromatic heterocycles. The first kappa shape index (κ1) is 20.0. The number of alkyl halides is 12. The van der Waals surface area contributed by atoms with Crippen molar-refractivity contribution in [2.24, 2.45) is 0 Å². The highest BCUT2D eigenvalue weighted by atomic mass is 35.5. The molecule has 1 nitrogen and oxygen atoms in total. The monoisotopic (exact) mass is 432 g/mol. The van der Waals surface area contributed by atoms with Gasteiger partial charge in [0.2, 0.25) is 0 Å². The van der Waals surface area contributed by atoms with Crippen molar-refractivity contribution in [3.8, 4) is 0 Å². The first-order chi connectivity index (χ1) is 7.46. The molecule has 110 valence electrons. The molecule has 0 saturated carbocycles. The zero-order valence-electron chi connectivity index (χ0n) is 7.44. The molecule has 1 unspecified atom stereocenters. The van der Waals surface area contributed by atoms with E-state index in [4.69, 9.17) is 69.6 Å². The maximum Gasteiger partial charge on any atom is 0.352 e. The molecule has 0 aromatic carbocycles. The highest BCUT2D eigenvalue weighted by molar-refractivity contribution is 6.58. The molecule has 0 fully saturated rings. The van der Waals surface area contributed by atoms with Crippen LogP contribution in [0.2, 0.25) is 0 Å². The molecule has 0 aliphatic rings. The van der Waals surface area contributed by atoms with Gasteiger partial charge < -0.3 is 0 Å². The maximum absolute atomic E-state index is 13.4. The van der Waals surface area contributed by atoms with E-state index >= 15 is 0 Å². The van der Waals surface area contributed by atoms with Crippen LogP contribution in [0.25, 0.3) is 0 Å². The molecule has 0 rings (SSSR count). The summed E-state index contributed by atoms with van der Waals surface area (Å²) in [6, 6.07) is 0. The van der Waals surface area contributed by atoms with Crippen molar-refractivity contribution >= 4 is 92.8 Å². The van der Waals surface area contributed by atoms with E-state index in [1.165, 1.54) is 0 Å². The van der Waals surface area contributed by atoms with Gasteiger partial charge in [0, 0.05) is 0 Å². The molecule has 0 heterocycles. The summed E-state index contributed by atoms with van der Waals surface area (Å²) < 4.78 is 44.6. The Morgan fingerprint density at radius 1 is 0.556 bits per heavy atom. The topological polar surface area (TPSA) is 9.23 Å². The predicted octanol–water partition coefficient (Wildman–Crippen LogP) is 6.10. The molecule has 0 spiro atoms. The first-order valence-electron chi connectivity index (χ1n) is 3.43. The first-order valence-corrected chi connectivity index (χ1v) is 6.45. The normalized spacial score (nSPS) is 18.7. The van der Waals surface area contributed by atoms with Gasteiger partial charge in [0.1, 0.15) is 0 Å². The third-order valence-corrected chi connectivity index (χ3v) is 4.39. The van der Waals surface area contributed by atoms with E-state index in [2.05, 4.69) is 27.9 Å². The molecule has 0 aromatic rings. The summed E-state index contributed by atoms with van der Waals surface area (Å²) in [5, 5.41) is -8.18. The molecular weight excluding hydrogens is 436 g/mol. The van der Waals surface area contributed by atoms with Gasteiger partial charge in [-0.05, 0) is 11.6 Å². The van der Waals surface area contributed by atoms with Crippen LogP contribution in [0.4, 0.5) is 17.6 Å². The Bertz CT molecular complexity index is 290. The van der Waals surface area contributed by atoms with Gasteiger partial charge in [0.15, 0.2) is 0 Å². The molecule has 0 radical (unpaired) electrons. The van der Waals surface area contributed by atoms with E-state index in [1.54, 1.807) is 0 Å². The molecule has 0 bridgehead atoms. The van der Waals surface area contributed by atoms with Crippen LogP contribution in [0.5, 0.6) is 0 Å². The standard InChI is InChI=1S/C5Cl8F4O/c6-1(2(7,8)14,3(9,10)15)18-5(13,17)4(11,12)16. The third-order valence-electron chi connectivity index (χ3n) is 1.33. The van der Waals surface area contributed by atoms with E-state index < -0.39 is 24.1 Å². The average molecular weight is 436 g/mol. The highest BCUT2D eigenvalue weighted by Gasteiger charge is 2.71. The van der Waals surface area contributed by atoms with Crippen molar-refractivity contribution in [1.29, 1.82) is 0 Å². The molecule has 18 heavy (non-hydrogen) atoms. The molecule has 0 saturated heterocycles. The molecule has 13 heteroatoms. The lowest BCUT2D eigenvalue weighted by molar-refractivity contribution is -0.198. The summed E-state index contributed by atoms with van der Waals surface area (Å²) in [7, 11) is 0. The average Bonchev–Trinajstić information content (AvgIpc) is 1.95. The van der Waals surface area contributed by atoms with Gasteiger partial charge in [-0.1, -0.05) is 81.2 Å². The largest absolute Gasteiger partial charge is 0.352 e. The van der Waals surface area contributed by atoms with E-state index in [-0.39, 0.29) is 0 Å². The quantitative estimate of drug-likeness (QED) is 0.374. The summed E-state index contributed by atoms with van der Waals surface area (Å²) in [6.07, 6.45) is 0. The number of hydrogen-bond acceptors (Lipinski definition) is 1. The summed E-state index contributed by atoms with van der Waals surface area (Å²) >= 11 is 38.2. The van der Waals surface area contributed by atoms with Gasteiger partial charge in [-0.15, -0.1) is 0 Å². The van der Waals surface area contributed by atoms with Crippen molar-refractivity contribution in [3.05, 3.63) is 0 Å². The lowest BCUT2D eigenvalue weighted by Gasteiger charge is -2.40. The fourth-order valence-corrected chi connectivity index (χ4v) is 1.72. The second-order valence-electron chi connectivity index (χ2n) is 2.71. The highest BCUT2D eigenvalue weighted by Crippen LogP contribution is 2.58. The van der Waals surface area contributed by atoms with E-state index in [0.29, 0.717) is 0 Å². The number of rotatable bonds is 5. The Labute approximate surface area is 138 Å². The number of ether oxygens (including phenoxy) is 1. The van der Waals surface area contributed by atoms with Crippen LogP contribution in [0, 0.1) is 0 Å². The molecule has 1 atom stereocenters. The minimum atomic E-state index is -4.28. The molecule has 0 aliphatic carbocycles. The minimum absolute atomic E-state index is 3.67. The lowest BCUT2D eigenvalue weighted by atomic mass is 10.4. The van der Waals surface area contributed by atoms with Crippen LogP contribution in [0.1, 0.15) is 0 Å². The van der Waals surface area contributed by atoms with Crippen LogP contribution >= 0.6 is 92.8 Å². The summed E-state index contributed by atoms with van der Waals surface area (Å²) in [6.45, 7) is 0. The molecule has 0 amide bonds. The molecular formula is C5Cl8F4O. The Balaban J connectivity index is 5.58. The van der Waals surface area contributed by atoms with Crippen molar-refractivity contribution in [3.63, 3.8) is 0 Å². The van der Waals surface area contributed by atoms with E-state index in [1.807, 2.05) is 0 Å². The van der Waals surface area contributed by atoms with Gasteiger partial charge >= 0.3 is 19.1 Å². The van der Waals surface area contributed by atoms with E-state index in [9.17, 15) is 17.6 Å². The van der Waals surface area contributed by atoms with Gasteiger partial charge in [0.25, 0.3) is 5.06 Å². The molecule has 0 N–H and O–H groups in total. The van der Waals surface area contributed by atoms with E-state index in [0.717, 1.165) is 0 Å². The summed E-state index contributed by atoms with van der Waals surface area (Å²) in [5.74, 6) is 0. The minimum Gasteiger partial charge on any atom is -0.295 e. The van der Waals surface area contributed by atoms with Gasteiger partial charge in [0.05, 0.1) is 0 Å². The second-order valence-corrected chi connectivity index (χ2v) is 7.43. The number of hydrogen-bond donors (Lipinski definition) is 0. The van der Waals surface area contributed by atoms with Crippen LogP contribution in [-0.2, 0) is 4.74 Å². The predicted molar refractivity (Wildman–Crippen MR) is 66.0 cm³/mol. The summed E-state index contributed by atoms with van der Waals surface area (Å²) in [5.41, 5.74) is 0. The van der Waals surface area contributed by atoms with Crippen LogP contribution in [0.3, 0.4) is 0 Å². The SMILES string of the molecule is FC(Cl)(Cl)C(F)(Cl)OC(Cl)(C(F)(Cl)Cl)C(F)(Cl)Cl. The van der Waals surface area contributed by atoms with Crippen molar-refractivity contribution in [2.75, 3.05) is 0 Å². The zero-order valence-corrected chi connectivity index (χ0v) is 13.5. The van der Waals surface area contributed by atoms with Crippen molar-refractivity contribution < 1.29 is 22.3 Å². The summed E-state index contributed by atoms with van der Waals surface area (Å²) in [4.78, 5) is 0. The van der Waals surface area contributed by atoms with Gasteiger partial charge in [-0.2, -0.15) is 8.78 Å². The number of halogens is 12. The zero-order chi connectivity index (χ0) is 15.2. The Hall–Kier alpha value is 2.00. The smallest absolute Gasteiger partial charge is 0.295 e. The van der Waals surface area contributed by atoms with Crippen molar-refractivity contribution in [2.45, 2.75) is 24.1 Å². The molecule has 0 aliphatic heterocycles. The maximum atomic E-state index is 13.4. The fourth-order valence-electron chi connectivity index (χ4n) is 0.511. The fraction of sp³-hybridized carbons (Fsp3) is 1.00. The van der Waals surface area contributed by atoms with Crippen LogP contribution in [0.15, 0.2) is 0 Å². The Morgan fingerprint density at radius 3 is 1.00 bits per heavy atom. The van der Waals surface area contributed by atoms with Crippen LogP contribution in [-0.4, -0.2) is 24.1 Å². The second kappa shape index (κ2) is 5.65. The Morgan fingerprint density at radius 2 is 0.833 bits per heavy atom. The lowest BCUT2D eigenvalue weighted by Crippen LogP contribution is -2.57. The van der Waals surface area contributed by atoms with Crippen molar-refractivity contribution in [1.82, 2.24) is 0 Å². The van der Waals surface area contributed by atoms with Gasteiger partial charge in [-0.25, -0.2) is 8.78 Å². The van der Waals surface area contributed by atoms with Crippen LogP contribution < -0.4 is 0 Å². The van der Waals surface area contributed by atoms with Gasteiger partial charge in [-0.3, -0.25) is 4.74 Å². The third kappa shape index (κ3) is 4.25. The Kier molecular flexibility index (Phi) is 6.28.